The number of hydrogen-bond donors (Lipinski definition) is 1. The molecule has 0 aliphatic carbocycles. The van der Waals surface area contributed by atoms with Crippen LogP contribution in [0.3, 0.4) is 0 Å². The van der Waals surface area contributed by atoms with E-state index in [4.69, 9.17) is 14.2 Å². The third kappa shape index (κ3) is 4.77. The molecule has 0 saturated carbocycles. The van der Waals surface area contributed by atoms with Gasteiger partial charge in [0.15, 0.2) is 11.5 Å². The molecule has 0 spiro atoms. The van der Waals surface area contributed by atoms with E-state index in [2.05, 4.69) is 31.8 Å². The molecule has 0 bridgehead atoms. The van der Waals surface area contributed by atoms with Crippen LogP contribution >= 0.6 is 0 Å². The van der Waals surface area contributed by atoms with Gasteiger partial charge in [0.1, 0.15) is 11.6 Å². The van der Waals surface area contributed by atoms with Gasteiger partial charge in [-0.25, -0.2) is 15.0 Å². The Morgan fingerprint density at radius 2 is 1.69 bits per heavy atom. The van der Waals surface area contributed by atoms with Crippen molar-refractivity contribution < 1.29 is 14.2 Å². The lowest BCUT2D eigenvalue weighted by molar-refractivity contribution is 0.324. The van der Waals surface area contributed by atoms with Crippen molar-refractivity contribution in [3.8, 4) is 28.5 Å². The Kier molecular flexibility index (Phi) is 6.54. The molecule has 8 heteroatoms. The Labute approximate surface area is 170 Å². The third-order valence-corrected chi connectivity index (χ3v) is 4.60. The summed E-state index contributed by atoms with van der Waals surface area (Å²) in [7, 11) is 4.78. The molecular formula is C21H27N5O3. The summed E-state index contributed by atoms with van der Waals surface area (Å²) in [5.74, 6) is 3.19. The zero-order valence-electron chi connectivity index (χ0n) is 17.5. The van der Waals surface area contributed by atoms with Crippen molar-refractivity contribution in [2.24, 2.45) is 0 Å². The molecular weight excluding hydrogens is 370 g/mol. The van der Waals surface area contributed by atoms with Crippen LogP contribution in [0.5, 0.6) is 17.2 Å². The van der Waals surface area contributed by atoms with Gasteiger partial charge in [0.2, 0.25) is 5.75 Å². The fourth-order valence-corrected chi connectivity index (χ4v) is 3.12. The molecule has 8 nitrogen and oxygen atoms in total. The van der Waals surface area contributed by atoms with Gasteiger partial charge in [-0.2, -0.15) is 0 Å². The monoisotopic (exact) mass is 397 g/mol. The number of benzene rings is 1. The van der Waals surface area contributed by atoms with Crippen molar-refractivity contribution in [2.75, 3.05) is 33.2 Å². The fraction of sp³-hybridized carbons (Fsp3) is 0.381. The first-order valence-corrected chi connectivity index (χ1v) is 9.42. The maximum absolute atomic E-state index is 5.45. The van der Waals surface area contributed by atoms with Gasteiger partial charge >= 0.3 is 0 Å². The van der Waals surface area contributed by atoms with Crippen LogP contribution in [0.4, 0.5) is 5.82 Å². The van der Waals surface area contributed by atoms with Gasteiger partial charge in [-0.15, -0.1) is 0 Å². The molecule has 0 fully saturated rings. The van der Waals surface area contributed by atoms with Crippen LogP contribution in [0.2, 0.25) is 0 Å². The van der Waals surface area contributed by atoms with E-state index >= 15 is 0 Å². The van der Waals surface area contributed by atoms with Crippen LogP contribution in [-0.2, 0) is 6.54 Å². The molecule has 2 heterocycles. The maximum Gasteiger partial charge on any atom is 0.203 e. The van der Waals surface area contributed by atoms with Crippen LogP contribution in [0, 0.1) is 13.8 Å². The van der Waals surface area contributed by atoms with Crippen LogP contribution in [0.25, 0.3) is 11.3 Å². The topological polar surface area (TPSA) is 83.3 Å². The second-order valence-corrected chi connectivity index (χ2v) is 6.61. The van der Waals surface area contributed by atoms with Crippen molar-refractivity contribution in [3.63, 3.8) is 0 Å². The lowest BCUT2D eigenvalue weighted by atomic mass is 10.1. The average Bonchev–Trinajstić information content (AvgIpc) is 3.14. The highest BCUT2D eigenvalue weighted by Crippen LogP contribution is 2.41. The predicted octanol–water partition coefficient (Wildman–Crippen LogP) is 3.48. The number of hydrogen-bond acceptors (Lipinski definition) is 7. The lowest BCUT2D eigenvalue weighted by Gasteiger charge is -2.15. The minimum Gasteiger partial charge on any atom is -0.493 e. The molecule has 0 unspecified atom stereocenters. The number of aryl methyl sites for hydroxylation is 3. The Balaban J connectivity index is 1.77. The van der Waals surface area contributed by atoms with Gasteiger partial charge in [0.25, 0.3) is 0 Å². The standard InChI is InChI=1S/C21H27N5O3/c1-14-12-22-13-26(14)8-6-7-23-20-11-17(24-15(2)25-20)16-9-18(27-3)21(29-5)19(10-16)28-4/h9-13H,6-8H2,1-5H3,(H,23,24,25). The molecule has 0 saturated heterocycles. The fourth-order valence-electron chi connectivity index (χ4n) is 3.12. The minimum atomic E-state index is 0.553. The quantitative estimate of drug-likeness (QED) is 0.553. The van der Waals surface area contributed by atoms with Gasteiger partial charge in [-0.05, 0) is 32.4 Å². The molecule has 154 valence electrons. The first-order valence-electron chi connectivity index (χ1n) is 9.42. The molecule has 0 aliphatic heterocycles. The first kappa shape index (κ1) is 20.4. The molecule has 1 aromatic carbocycles. The zero-order valence-corrected chi connectivity index (χ0v) is 17.5. The molecule has 3 rings (SSSR count). The highest BCUT2D eigenvalue weighted by molar-refractivity contribution is 5.70. The summed E-state index contributed by atoms with van der Waals surface area (Å²) in [6.45, 7) is 5.63. The largest absolute Gasteiger partial charge is 0.493 e. The van der Waals surface area contributed by atoms with Gasteiger partial charge in [0, 0.05) is 36.6 Å². The predicted molar refractivity (Wildman–Crippen MR) is 112 cm³/mol. The molecule has 1 N–H and O–H groups in total. The van der Waals surface area contributed by atoms with E-state index in [1.165, 1.54) is 0 Å². The van der Waals surface area contributed by atoms with Crippen LogP contribution < -0.4 is 19.5 Å². The Morgan fingerprint density at radius 3 is 2.28 bits per heavy atom. The van der Waals surface area contributed by atoms with Crippen LogP contribution in [0.15, 0.2) is 30.7 Å². The lowest BCUT2D eigenvalue weighted by Crippen LogP contribution is -2.09. The van der Waals surface area contributed by atoms with Gasteiger partial charge < -0.3 is 24.1 Å². The van der Waals surface area contributed by atoms with Crippen molar-refractivity contribution in [2.45, 2.75) is 26.8 Å². The number of aromatic nitrogens is 4. The van der Waals surface area contributed by atoms with E-state index in [0.29, 0.717) is 23.1 Å². The molecule has 0 atom stereocenters. The van der Waals surface area contributed by atoms with Gasteiger partial charge in [-0.3, -0.25) is 0 Å². The van der Waals surface area contributed by atoms with Crippen molar-refractivity contribution in [1.82, 2.24) is 19.5 Å². The molecule has 0 radical (unpaired) electrons. The summed E-state index contributed by atoms with van der Waals surface area (Å²) < 4.78 is 18.4. The number of anilines is 1. The summed E-state index contributed by atoms with van der Waals surface area (Å²) >= 11 is 0. The van der Waals surface area contributed by atoms with E-state index in [0.717, 1.165) is 42.3 Å². The first-order chi connectivity index (χ1) is 14.0. The Bertz CT molecular complexity index is 946. The maximum atomic E-state index is 5.45. The van der Waals surface area contributed by atoms with Crippen molar-refractivity contribution >= 4 is 5.82 Å². The van der Waals surface area contributed by atoms with E-state index in [1.54, 1.807) is 21.3 Å². The Morgan fingerprint density at radius 1 is 0.966 bits per heavy atom. The summed E-state index contributed by atoms with van der Waals surface area (Å²) in [4.78, 5) is 13.2. The van der Waals surface area contributed by atoms with E-state index in [-0.39, 0.29) is 0 Å². The second kappa shape index (κ2) is 9.27. The summed E-state index contributed by atoms with van der Waals surface area (Å²) in [5, 5.41) is 3.39. The summed E-state index contributed by atoms with van der Waals surface area (Å²) in [5.41, 5.74) is 2.80. The highest BCUT2D eigenvalue weighted by Gasteiger charge is 2.15. The summed E-state index contributed by atoms with van der Waals surface area (Å²) in [6.07, 6.45) is 4.68. The van der Waals surface area contributed by atoms with Crippen LogP contribution in [0.1, 0.15) is 17.9 Å². The SMILES string of the molecule is COc1cc(-c2cc(NCCCn3cncc3C)nc(C)n2)cc(OC)c1OC. The normalized spacial score (nSPS) is 10.7. The van der Waals surface area contributed by atoms with Gasteiger partial charge in [0.05, 0.1) is 33.4 Å². The van der Waals surface area contributed by atoms with E-state index in [1.807, 2.05) is 37.6 Å². The van der Waals surface area contributed by atoms with Crippen molar-refractivity contribution in [3.05, 3.63) is 42.2 Å². The number of methoxy groups -OCH3 is 3. The number of nitrogens with one attached hydrogen (secondary N) is 1. The van der Waals surface area contributed by atoms with Crippen molar-refractivity contribution in [1.29, 1.82) is 0 Å². The average molecular weight is 397 g/mol. The van der Waals surface area contributed by atoms with E-state index in [9.17, 15) is 0 Å². The van der Waals surface area contributed by atoms with Gasteiger partial charge in [-0.1, -0.05) is 0 Å². The highest BCUT2D eigenvalue weighted by atomic mass is 16.5. The molecule has 0 aliphatic rings. The smallest absolute Gasteiger partial charge is 0.203 e. The molecule has 2 aromatic heterocycles. The minimum absolute atomic E-state index is 0.553. The second-order valence-electron chi connectivity index (χ2n) is 6.61. The Hall–Kier alpha value is -3.29. The molecule has 0 amide bonds. The zero-order chi connectivity index (χ0) is 20.8. The number of rotatable bonds is 9. The molecule has 3 aromatic rings. The molecule has 29 heavy (non-hydrogen) atoms. The van der Waals surface area contributed by atoms with Crippen LogP contribution in [-0.4, -0.2) is 47.4 Å². The third-order valence-electron chi connectivity index (χ3n) is 4.60. The van der Waals surface area contributed by atoms with E-state index < -0.39 is 0 Å². The summed E-state index contributed by atoms with van der Waals surface area (Å²) in [6, 6.07) is 5.69. The number of nitrogens with zero attached hydrogens (tertiary/aromatic N) is 4. The number of ether oxygens (including phenoxy) is 3. The number of imidazole rings is 1.